The molecule has 0 amide bonds. The van der Waals surface area contributed by atoms with Crippen LogP contribution in [0.2, 0.25) is 0 Å². The molecule has 0 atom stereocenters. The van der Waals surface area contributed by atoms with Crippen LogP contribution in [-0.4, -0.2) is 4.98 Å². The number of nitrogen functional groups attached to an aromatic ring is 2. The van der Waals surface area contributed by atoms with Crippen molar-refractivity contribution in [1.29, 1.82) is 0 Å². The minimum absolute atomic E-state index is 0.0255. The molecule has 0 unspecified atom stereocenters. The highest BCUT2D eigenvalue weighted by molar-refractivity contribution is 5.51. The highest BCUT2D eigenvalue weighted by Gasteiger charge is 2.01. The van der Waals surface area contributed by atoms with Crippen LogP contribution in [0.15, 0.2) is 11.1 Å². The summed E-state index contributed by atoms with van der Waals surface area (Å²) in [6, 6.07) is 0. The van der Waals surface area contributed by atoms with Crippen molar-refractivity contribution in [2.75, 3.05) is 11.5 Å². The van der Waals surface area contributed by atoms with E-state index in [0.717, 1.165) is 0 Å². The van der Waals surface area contributed by atoms with Gasteiger partial charge >= 0.3 is 5.56 Å². The van der Waals surface area contributed by atoms with Gasteiger partial charge in [0.2, 0.25) is 5.82 Å². The van der Waals surface area contributed by atoms with Gasteiger partial charge in [0.15, 0.2) is 12.0 Å². The molecule has 6 N–H and O–H groups in total. The van der Waals surface area contributed by atoms with Crippen molar-refractivity contribution in [2.24, 2.45) is 0 Å². The third-order valence-corrected chi connectivity index (χ3v) is 0.966. The third kappa shape index (κ3) is 0.835. The summed E-state index contributed by atoms with van der Waals surface area (Å²) in [7, 11) is 0. The zero-order valence-corrected chi connectivity index (χ0v) is 4.64. The summed E-state index contributed by atoms with van der Waals surface area (Å²) in [4.78, 5) is 15.4. The summed E-state index contributed by atoms with van der Waals surface area (Å²) in [5, 5.41) is 0. The van der Waals surface area contributed by atoms with Gasteiger partial charge < -0.3 is 11.5 Å². The Hall–Kier alpha value is -1.52. The van der Waals surface area contributed by atoms with Crippen LogP contribution in [0.5, 0.6) is 0 Å². The number of hydrogen-bond donors (Lipinski definition) is 3. The Balaban J connectivity index is 3.43. The maximum Gasteiger partial charge on any atom is 0.333 e. The molecule has 5 heteroatoms. The summed E-state index contributed by atoms with van der Waals surface area (Å²) < 4.78 is 0. The van der Waals surface area contributed by atoms with E-state index in [2.05, 4.69) is 9.97 Å². The SMILES string of the molecule is Nc1[nH+]c[nH]c(=O)c1N. The summed E-state index contributed by atoms with van der Waals surface area (Å²) in [5.74, 6) is 0.193. The van der Waals surface area contributed by atoms with Crippen LogP contribution in [-0.2, 0) is 0 Å². The molecule has 1 heterocycles. The zero-order valence-electron chi connectivity index (χ0n) is 4.64. The van der Waals surface area contributed by atoms with Gasteiger partial charge in [-0.2, -0.15) is 0 Å². The molecule has 5 nitrogen and oxygen atoms in total. The van der Waals surface area contributed by atoms with Gasteiger partial charge in [-0.1, -0.05) is 0 Å². The van der Waals surface area contributed by atoms with Crippen molar-refractivity contribution in [3.8, 4) is 0 Å². The lowest BCUT2D eigenvalue weighted by atomic mass is 10.5. The molecule has 0 fully saturated rings. The van der Waals surface area contributed by atoms with Crippen LogP contribution in [0.25, 0.3) is 0 Å². The van der Waals surface area contributed by atoms with Gasteiger partial charge in [-0.3, -0.25) is 4.98 Å². The number of rotatable bonds is 0. The lowest BCUT2D eigenvalue weighted by Crippen LogP contribution is -2.22. The van der Waals surface area contributed by atoms with Gasteiger partial charge in [-0.05, 0) is 0 Å². The number of aromatic amines is 2. The van der Waals surface area contributed by atoms with Crippen molar-refractivity contribution < 1.29 is 4.98 Å². The lowest BCUT2D eigenvalue weighted by Gasteiger charge is -1.87. The first-order chi connectivity index (χ1) is 4.22. The van der Waals surface area contributed by atoms with E-state index in [4.69, 9.17) is 11.5 Å². The van der Waals surface area contributed by atoms with Crippen LogP contribution in [0.1, 0.15) is 0 Å². The second kappa shape index (κ2) is 1.77. The average molecular weight is 127 g/mol. The maximum atomic E-state index is 10.6. The first-order valence-electron chi connectivity index (χ1n) is 2.36. The fraction of sp³-hybridized carbons (Fsp3) is 0. The Kier molecular flexibility index (Phi) is 1.11. The number of anilines is 2. The van der Waals surface area contributed by atoms with E-state index >= 15 is 0 Å². The molecule has 0 spiro atoms. The molecule has 1 rings (SSSR count). The van der Waals surface area contributed by atoms with Crippen molar-refractivity contribution in [3.05, 3.63) is 16.7 Å². The highest BCUT2D eigenvalue weighted by atomic mass is 16.1. The van der Waals surface area contributed by atoms with Gasteiger partial charge in [0.05, 0.1) is 0 Å². The van der Waals surface area contributed by atoms with E-state index in [-0.39, 0.29) is 17.1 Å². The van der Waals surface area contributed by atoms with Crippen molar-refractivity contribution in [1.82, 2.24) is 4.98 Å². The summed E-state index contributed by atoms with van der Waals surface area (Å²) in [5.41, 5.74) is 10.1. The number of hydrogen-bond acceptors (Lipinski definition) is 3. The van der Waals surface area contributed by atoms with Crippen LogP contribution in [0, 0.1) is 0 Å². The van der Waals surface area contributed by atoms with Crippen LogP contribution < -0.4 is 22.0 Å². The monoisotopic (exact) mass is 127 g/mol. The topological polar surface area (TPSA) is 99.0 Å². The van der Waals surface area contributed by atoms with Crippen molar-refractivity contribution in [2.45, 2.75) is 0 Å². The predicted octanol–water partition coefficient (Wildman–Crippen LogP) is -1.65. The molecule has 0 bridgehead atoms. The Bertz CT molecular complexity index is 266. The van der Waals surface area contributed by atoms with E-state index < -0.39 is 0 Å². The first kappa shape index (κ1) is 5.61. The second-order valence-corrected chi connectivity index (χ2v) is 1.59. The van der Waals surface area contributed by atoms with Gasteiger partial charge in [0.1, 0.15) is 0 Å². The summed E-state index contributed by atoms with van der Waals surface area (Å²) in [6.07, 6.45) is 1.33. The summed E-state index contributed by atoms with van der Waals surface area (Å²) >= 11 is 0. The molecule has 9 heavy (non-hydrogen) atoms. The van der Waals surface area contributed by atoms with Gasteiger partial charge in [-0.25, -0.2) is 9.78 Å². The van der Waals surface area contributed by atoms with E-state index in [9.17, 15) is 4.79 Å². The minimum atomic E-state index is -0.369. The molecule has 0 aliphatic heterocycles. The molecule has 0 saturated heterocycles. The molecular formula is C4H7N4O+. The van der Waals surface area contributed by atoms with E-state index in [1.165, 1.54) is 6.33 Å². The molecule has 0 radical (unpaired) electrons. The third-order valence-electron chi connectivity index (χ3n) is 0.966. The number of aromatic nitrogens is 2. The molecule has 1 aromatic heterocycles. The zero-order chi connectivity index (χ0) is 6.85. The fourth-order valence-corrected chi connectivity index (χ4v) is 0.457. The standard InChI is InChI=1S/C4H6N4O/c5-2-3(6)7-1-8-4(2)9/h1H,5H2,(H3,6,7,8,9)/p+1. The van der Waals surface area contributed by atoms with E-state index in [1.54, 1.807) is 0 Å². The molecule has 0 saturated carbocycles. The average Bonchev–Trinajstić information content (AvgIpc) is 1.83. The first-order valence-corrected chi connectivity index (χ1v) is 2.36. The lowest BCUT2D eigenvalue weighted by molar-refractivity contribution is -0.364. The highest BCUT2D eigenvalue weighted by Crippen LogP contribution is 1.93. The molecule has 48 valence electrons. The number of H-pyrrole nitrogens is 2. The van der Waals surface area contributed by atoms with Gasteiger partial charge in [0, 0.05) is 0 Å². The Labute approximate surface area is 50.7 Å². The van der Waals surface area contributed by atoms with E-state index in [1.807, 2.05) is 0 Å². The maximum absolute atomic E-state index is 10.6. The van der Waals surface area contributed by atoms with E-state index in [0.29, 0.717) is 0 Å². The quantitative estimate of drug-likeness (QED) is 0.389. The molecule has 0 aliphatic rings. The van der Waals surface area contributed by atoms with Gasteiger partial charge in [0.25, 0.3) is 0 Å². The Morgan fingerprint density at radius 2 is 2.22 bits per heavy atom. The van der Waals surface area contributed by atoms with Crippen LogP contribution >= 0.6 is 0 Å². The summed E-state index contributed by atoms with van der Waals surface area (Å²) in [6.45, 7) is 0. The normalized spacial score (nSPS) is 9.33. The van der Waals surface area contributed by atoms with Crippen LogP contribution in [0.3, 0.4) is 0 Å². The minimum Gasteiger partial charge on any atom is -0.388 e. The van der Waals surface area contributed by atoms with Crippen molar-refractivity contribution >= 4 is 11.5 Å². The molecule has 0 aromatic carbocycles. The van der Waals surface area contributed by atoms with Crippen LogP contribution in [0.4, 0.5) is 11.5 Å². The molecular weight excluding hydrogens is 120 g/mol. The number of nitrogens with two attached hydrogens (primary N) is 2. The Morgan fingerprint density at radius 1 is 1.56 bits per heavy atom. The Morgan fingerprint density at radius 3 is 2.67 bits per heavy atom. The molecule has 1 aromatic rings. The second-order valence-electron chi connectivity index (χ2n) is 1.59. The predicted molar refractivity (Wildman–Crippen MR) is 32.4 cm³/mol. The number of nitrogens with one attached hydrogen (secondary N) is 2. The molecule has 0 aliphatic carbocycles. The fourth-order valence-electron chi connectivity index (χ4n) is 0.457. The smallest absolute Gasteiger partial charge is 0.333 e. The van der Waals surface area contributed by atoms with Crippen molar-refractivity contribution in [3.63, 3.8) is 0 Å². The van der Waals surface area contributed by atoms with Gasteiger partial charge in [-0.15, -0.1) is 0 Å². The largest absolute Gasteiger partial charge is 0.388 e.